The molecular formula is C22H12BrClN2O5S. The molecule has 0 bridgehead atoms. The third-order valence-electron chi connectivity index (χ3n) is 4.57. The number of carbonyl (C=O) groups excluding carboxylic acids is 2. The average Bonchev–Trinajstić information content (AvgIpc) is 3.22. The second kappa shape index (κ2) is 8.70. The Labute approximate surface area is 200 Å². The molecule has 1 aliphatic rings. The van der Waals surface area contributed by atoms with Crippen molar-refractivity contribution in [3.8, 4) is 11.3 Å². The number of furan rings is 1. The maximum Gasteiger partial charge on any atom is 0.335 e. The summed E-state index contributed by atoms with van der Waals surface area (Å²) in [6, 6.07) is 14.3. The first-order chi connectivity index (χ1) is 15.2. The molecule has 3 aromatic rings. The number of anilines is 1. The summed E-state index contributed by atoms with van der Waals surface area (Å²) in [5.74, 6) is -1.78. The first-order valence-corrected chi connectivity index (χ1v) is 10.6. The Hall–Kier alpha value is -3.27. The van der Waals surface area contributed by atoms with Gasteiger partial charge in [-0.25, -0.2) is 4.79 Å². The largest absolute Gasteiger partial charge is 0.478 e. The Morgan fingerprint density at radius 2 is 1.94 bits per heavy atom. The SMILES string of the molecule is O=C1NC(=S)N(c2cccc(C(=O)O)c2)C(=O)C1=Cc1ccc(-c2ccc(Br)c(Cl)c2)o1. The highest BCUT2D eigenvalue weighted by Gasteiger charge is 2.35. The molecule has 1 aromatic heterocycles. The van der Waals surface area contributed by atoms with Crippen molar-refractivity contribution in [3.63, 3.8) is 0 Å². The van der Waals surface area contributed by atoms with E-state index in [1.807, 2.05) is 0 Å². The lowest BCUT2D eigenvalue weighted by Gasteiger charge is -2.28. The minimum atomic E-state index is -1.15. The Morgan fingerprint density at radius 3 is 2.66 bits per heavy atom. The van der Waals surface area contributed by atoms with E-state index in [1.165, 1.54) is 30.3 Å². The van der Waals surface area contributed by atoms with Crippen LogP contribution >= 0.6 is 39.7 Å². The van der Waals surface area contributed by atoms with Crippen molar-refractivity contribution in [2.24, 2.45) is 0 Å². The zero-order valence-electron chi connectivity index (χ0n) is 16.0. The molecule has 2 amide bonds. The van der Waals surface area contributed by atoms with Crippen molar-refractivity contribution in [1.82, 2.24) is 5.32 Å². The fraction of sp³-hybridized carbons (Fsp3) is 0. The van der Waals surface area contributed by atoms with Crippen LogP contribution in [0.25, 0.3) is 17.4 Å². The van der Waals surface area contributed by atoms with Crippen molar-refractivity contribution in [2.45, 2.75) is 0 Å². The van der Waals surface area contributed by atoms with Gasteiger partial charge in [-0.15, -0.1) is 0 Å². The Morgan fingerprint density at radius 1 is 1.16 bits per heavy atom. The number of amides is 2. The predicted molar refractivity (Wildman–Crippen MR) is 126 cm³/mol. The van der Waals surface area contributed by atoms with Gasteiger partial charge in [-0.3, -0.25) is 19.8 Å². The average molecular weight is 532 g/mol. The third-order valence-corrected chi connectivity index (χ3v) is 6.09. The summed E-state index contributed by atoms with van der Waals surface area (Å²) < 4.78 is 6.51. The zero-order valence-corrected chi connectivity index (χ0v) is 19.1. The molecule has 0 unspecified atom stereocenters. The van der Waals surface area contributed by atoms with Gasteiger partial charge < -0.3 is 9.52 Å². The summed E-state index contributed by atoms with van der Waals surface area (Å²) in [6.45, 7) is 0. The van der Waals surface area contributed by atoms with Crippen molar-refractivity contribution < 1.29 is 23.9 Å². The van der Waals surface area contributed by atoms with Crippen molar-refractivity contribution in [3.05, 3.63) is 81.0 Å². The van der Waals surface area contributed by atoms with Crippen molar-refractivity contribution in [1.29, 1.82) is 0 Å². The van der Waals surface area contributed by atoms with E-state index in [0.717, 1.165) is 14.9 Å². The third kappa shape index (κ3) is 4.22. The quantitative estimate of drug-likeness (QED) is 0.282. The van der Waals surface area contributed by atoms with E-state index in [9.17, 15) is 19.5 Å². The smallest absolute Gasteiger partial charge is 0.335 e. The van der Waals surface area contributed by atoms with Crippen LogP contribution in [0.4, 0.5) is 5.69 Å². The van der Waals surface area contributed by atoms with Gasteiger partial charge in [0.05, 0.1) is 16.3 Å². The molecule has 0 radical (unpaired) electrons. The van der Waals surface area contributed by atoms with E-state index in [-0.39, 0.29) is 27.7 Å². The lowest BCUT2D eigenvalue weighted by Crippen LogP contribution is -2.54. The predicted octanol–water partition coefficient (Wildman–Crippen LogP) is 4.89. The van der Waals surface area contributed by atoms with Crippen LogP contribution in [0.1, 0.15) is 16.1 Å². The fourth-order valence-corrected chi connectivity index (χ4v) is 3.76. The molecule has 0 spiro atoms. The second-order valence-electron chi connectivity index (χ2n) is 6.64. The standard InChI is InChI=1S/C22H12BrClN2O5S/c23-16-6-4-11(9-17(16)24)18-7-5-14(31-18)10-15-19(27)25-22(32)26(20(15)28)13-3-1-2-12(8-13)21(29)30/h1-10H,(H,29,30)(H,25,27,32). The first-order valence-electron chi connectivity index (χ1n) is 9.04. The van der Waals surface area contributed by atoms with Crippen LogP contribution in [0.2, 0.25) is 5.02 Å². The molecule has 10 heteroatoms. The molecule has 2 heterocycles. The molecule has 2 aromatic carbocycles. The van der Waals surface area contributed by atoms with Crippen LogP contribution in [0.5, 0.6) is 0 Å². The maximum atomic E-state index is 13.1. The topological polar surface area (TPSA) is 99.9 Å². The van der Waals surface area contributed by atoms with Crippen LogP contribution in [0, 0.1) is 0 Å². The number of halogens is 2. The summed E-state index contributed by atoms with van der Waals surface area (Å²) >= 11 is 14.6. The summed E-state index contributed by atoms with van der Waals surface area (Å²) in [5, 5.41) is 12.0. The molecule has 0 aliphatic carbocycles. The van der Waals surface area contributed by atoms with Gasteiger partial charge in [0.15, 0.2) is 5.11 Å². The van der Waals surface area contributed by atoms with Gasteiger partial charge in [-0.1, -0.05) is 23.7 Å². The van der Waals surface area contributed by atoms with E-state index < -0.39 is 17.8 Å². The number of carboxylic acids is 1. The molecule has 4 rings (SSSR count). The van der Waals surface area contributed by atoms with Gasteiger partial charge in [0, 0.05) is 10.0 Å². The van der Waals surface area contributed by atoms with Crippen LogP contribution in [-0.4, -0.2) is 28.0 Å². The normalized spacial score (nSPS) is 15.2. The lowest BCUT2D eigenvalue weighted by molar-refractivity contribution is -0.122. The number of aromatic carboxylic acids is 1. The van der Waals surface area contributed by atoms with E-state index in [0.29, 0.717) is 10.8 Å². The number of carbonyl (C=O) groups is 3. The molecule has 1 fully saturated rings. The molecular weight excluding hydrogens is 520 g/mol. The molecule has 32 heavy (non-hydrogen) atoms. The van der Waals surface area contributed by atoms with E-state index >= 15 is 0 Å². The number of hydrogen-bond acceptors (Lipinski definition) is 5. The van der Waals surface area contributed by atoms with Crippen LogP contribution < -0.4 is 10.2 Å². The second-order valence-corrected chi connectivity index (χ2v) is 8.29. The molecule has 0 atom stereocenters. The van der Waals surface area contributed by atoms with Gasteiger partial charge in [0.2, 0.25) is 0 Å². The van der Waals surface area contributed by atoms with Crippen LogP contribution in [-0.2, 0) is 9.59 Å². The Balaban J connectivity index is 1.68. The number of hydrogen-bond donors (Lipinski definition) is 2. The monoisotopic (exact) mass is 530 g/mol. The minimum absolute atomic E-state index is 0.0237. The van der Waals surface area contributed by atoms with Gasteiger partial charge >= 0.3 is 5.97 Å². The number of nitrogens with zero attached hydrogens (tertiary/aromatic N) is 1. The minimum Gasteiger partial charge on any atom is -0.478 e. The molecule has 1 aliphatic heterocycles. The Kier molecular flexibility index (Phi) is 5.96. The zero-order chi connectivity index (χ0) is 23.0. The van der Waals surface area contributed by atoms with Gasteiger partial charge in [-0.2, -0.15) is 0 Å². The summed E-state index contributed by atoms with van der Waals surface area (Å²) in [5.41, 5.74) is 0.699. The van der Waals surface area contributed by atoms with E-state index in [4.69, 9.17) is 28.2 Å². The highest BCUT2D eigenvalue weighted by Crippen LogP contribution is 2.31. The molecule has 160 valence electrons. The van der Waals surface area contributed by atoms with Gasteiger partial charge in [0.25, 0.3) is 11.8 Å². The van der Waals surface area contributed by atoms with Gasteiger partial charge in [-0.05, 0) is 76.7 Å². The highest BCUT2D eigenvalue weighted by atomic mass is 79.9. The number of nitrogens with one attached hydrogen (secondary N) is 1. The van der Waals surface area contributed by atoms with Gasteiger partial charge in [0.1, 0.15) is 17.1 Å². The number of rotatable bonds is 4. The van der Waals surface area contributed by atoms with Crippen LogP contribution in [0.3, 0.4) is 0 Å². The van der Waals surface area contributed by atoms with Crippen molar-refractivity contribution in [2.75, 3.05) is 4.90 Å². The van der Waals surface area contributed by atoms with E-state index in [1.54, 1.807) is 30.3 Å². The Bertz CT molecular complexity index is 1330. The number of benzene rings is 2. The summed E-state index contributed by atoms with van der Waals surface area (Å²) in [7, 11) is 0. The highest BCUT2D eigenvalue weighted by molar-refractivity contribution is 9.10. The maximum absolute atomic E-state index is 13.1. The summed E-state index contributed by atoms with van der Waals surface area (Å²) in [6.07, 6.45) is 1.30. The lowest BCUT2D eigenvalue weighted by atomic mass is 10.1. The molecule has 0 saturated carbocycles. The van der Waals surface area contributed by atoms with E-state index in [2.05, 4.69) is 21.2 Å². The summed E-state index contributed by atoms with van der Waals surface area (Å²) in [4.78, 5) is 37.9. The van der Waals surface area contributed by atoms with Crippen LogP contribution in [0.15, 0.2) is 69.1 Å². The molecule has 1 saturated heterocycles. The molecule has 7 nitrogen and oxygen atoms in total. The number of thiocarbonyl (C=S) groups is 1. The molecule has 2 N–H and O–H groups in total. The fourth-order valence-electron chi connectivity index (χ4n) is 3.05. The van der Waals surface area contributed by atoms with Crippen molar-refractivity contribution >= 4 is 74.4 Å². The number of carboxylic acid groups (broad SMARTS) is 1. The first kappa shape index (κ1) is 21.9.